The fourth-order valence-electron chi connectivity index (χ4n) is 3.27. The van der Waals surface area contributed by atoms with Crippen molar-refractivity contribution in [1.29, 1.82) is 0 Å². The molecule has 1 aromatic rings. The summed E-state index contributed by atoms with van der Waals surface area (Å²) in [5.74, 6) is -1.22. The fourth-order valence-corrected chi connectivity index (χ4v) is 3.27. The van der Waals surface area contributed by atoms with Crippen molar-refractivity contribution in [2.24, 2.45) is 0 Å². The molecule has 0 radical (unpaired) electrons. The Bertz CT molecular complexity index is 723. The fraction of sp³-hybridized carbons (Fsp3) is 0.611. The van der Waals surface area contributed by atoms with Crippen molar-refractivity contribution in [2.45, 2.75) is 63.8 Å². The van der Waals surface area contributed by atoms with Gasteiger partial charge in [-0.05, 0) is 31.5 Å². The van der Waals surface area contributed by atoms with Crippen LogP contribution in [0.1, 0.15) is 26.3 Å². The third kappa shape index (κ3) is 4.65. The Morgan fingerprint density at radius 1 is 1.39 bits per heavy atom. The number of hydrogen-bond acceptors (Lipinski definition) is 8. The van der Waals surface area contributed by atoms with Gasteiger partial charge in [-0.25, -0.2) is 0 Å². The van der Waals surface area contributed by atoms with Gasteiger partial charge in [-0.15, -0.1) is 0 Å². The Hall–Kier alpha value is -2.11. The van der Waals surface area contributed by atoms with E-state index < -0.39 is 41.4 Å². The van der Waals surface area contributed by atoms with Crippen LogP contribution in [0.15, 0.2) is 24.3 Å². The minimum absolute atomic E-state index is 0.0221. The number of fused-ring (bicyclic) bond motifs is 1. The highest BCUT2D eigenvalue weighted by Gasteiger charge is 2.51. The predicted molar refractivity (Wildman–Crippen MR) is 95.1 cm³/mol. The second-order valence-electron chi connectivity index (χ2n) is 7.29. The molecule has 154 valence electrons. The van der Waals surface area contributed by atoms with Gasteiger partial charge >= 0.3 is 0 Å². The van der Waals surface area contributed by atoms with Crippen molar-refractivity contribution in [3.8, 4) is 0 Å². The highest BCUT2D eigenvalue weighted by atomic mass is 16.8. The van der Waals surface area contributed by atoms with Crippen molar-refractivity contribution in [3.63, 3.8) is 0 Å². The van der Waals surface area contributed by atoms with Crippen LogP contribution in [-0.4, -0.2) is 59.0 Å². The summed E-state index contributed by atoms with van der Waals surface area (Å²) in [5, 5.41) is 24.2. The number of carbonyl (C=O) groups is 1. The molecule has 2 N–H and O–H groups in total. The van der Waals surface area contributed by atoms with Gasteiger partial charge in [0.15, 0.2) is 12.1 Å². The van der Waals surface area contributed by atoms with Gasteiger partial charge in [0.25, 0.3) is 5.69 Å². The molecule has 0 saturated carbocycles. The maximum atomic E-state index is 11.6. The second kappa shape index (κ2) is 8.10. The summed E-state index contributed by atoms with van der Waals surface area (Å²) in [6, 6.07) is 5.06. The lowest BCUT2D eigenvalue weighted by Crippen LogP contribution is -2.68. The molecule has 0 aromatic heterocycles. The molecule has 2 aliphatic rings. The van der Waals surface area contributed by atoms with Crippen LogP contribution in [-0.2, 0) is 30.3 Å². The average Bonchev–Trinajstić information content (AvgIpc) is 2.63. The van der Waals surface area contributed by atoms with Crippen LogP contribution in [0.4, 0.5) is 5.69 Å². The molecule has 2 aliphatic heterocycles. The van der Waals surface area contributed by atoms with E-state index >= 15 is 0 Å². The number of hydrogen-bond donors (Lipinski definition) is 2. The van der Waals surface area contributed by atoms with Gasteiger partial charge in [-0.3, -0.25) is 14.9 Å². The van der Waals surface area contributed by atoms with Crippen molar-refractivity contribution in [3.05, 3.63) is 39.9 Å². The van der Waals surface area contributed by atoms with Gasteiger partial charge in [0, 0.05) is 19.1 Å². The number of nitrogens with zero attached hydrogens (tertiary/aromatic N) is 1. The van der Waals surface area contributed by atoms with Crippen LogP contribution in [0.5, 0.6) is 0 Å². The number of nitro groups is 1. The normalized spacial score (nSPS) is 31.6. The summed E-state index contributed by atoms with van der Waals surface area (Å²) in [4.78, 5) is 21.9. The highest BCUT2D eigenvalue weighted by molar-refractivity contribution is 5.73. The van der Waals surface area contributed by atoms with Crippen LogP contribution < -0.4 is 5.32 Å². The molecule has 0 bridgehead atoms. The maximum Gasteiger partial charge on any atom is 0.269 e. The summed E-state index contributed by atoms with van der Waals surface area (Å²) in [7, 11) is 0. The van der Waals surface area contributed by atoms with E-state index in [0.717, 1.165) is 0 Å². The standard InChI is InChI=1S/C18H24N2O8/c1-10(21)19-14-15(22)16-13(9-26-18(2,3)28-16)27-17(14)25-8-11-4-6-12(7-5-11)20(23)24/h4-7,13-17,22H,8-9H2,1-3H3,(H,19,21)/t13-,14+,15+,16+,17+/m1/s1. The van der Waals surface area contributed by atoms with Gasteiger partial charge in [0.1, 0.15) is 24.4 Å². The number of benzene rings is 1. The molecule has 28 heavy (non-hydrogen) atoms. The summed E-state index contributed by atoms with van der Waals surface area (Å²) >= 11 is 0. The van der Waals surface area contributed by atoms with E-state index in [1.165, 1.54) is 19.1 Å². The highest BCUT2D eigenvalue weighted by Crippen LogP contribution is 2.33. The van der Waals surface area contributed by atoms with Crippen molar-refractivity contribution in [1.82, 2.24) is 5.32 Å². The van der Waals surface area contributed by atoms with Crippen molar-refractivity contribution in [2.75, 3.05) is 6.61 Å². The van der Waals surface area contributed by atoms with E-state index in [1.54, 1.807) is 26.0 Å². The van der Waals surface area contributed by atoms with Crippen molar-refractivity contribution < 1.29 is 33.8 Å². The first-order valence-electron chi connectivity index (χ1n) is 8.93. The Kier molecular flexibility index (Phi) is 5.96. The molecule has 5 atom stereocenters. The second-order valence-corrected chi connectivity index (χ2v) is 7.29. The number of aliphatic hydroxyl groups excluding tert-OH is 1. The Labute approximate surface area is 161 Å². The SMILES string of the molecule is CC(=O)N[C@@H]1[C@@H](OCc2ccc([N+](=O)[O-])cc2)O[C@@H]2COC(C)(C)O[C@@H]2[C@H]1O. The zero-order valence-electron chi connectivity index (χ0n) is 15.9. The monoisotopic (exact) mass is 396 g/mol. The number of ether oxygens (including phenoxy) is 4. The lowest BCUT2D eigenvalue weighted by Gasteiger charge is -2.49. The zero-order valence-corrected chi connectivity index (χ0v) is 15.9. The van der Waals surface area contributed by atoms with E-state index in [4.69, 9.17) is 18.9 Å². The molecule has 10 heteroatoms. The first-order chi connectivity index (χ1) is 13.2. The van der Waals surface area contributed by atoms with Crippen LogP contribution in [0, 0.1) is 10.1 Å². The van der Waals surface area contributed by atoms with Crippen LogP contribution in [0.2, 0.25) is 0 Å². The van der Waals surface area contributed by atoms with Crippen LogP contribution in [0.25, 0.3) is 0 Å². The Balaban J connectivity index is 1.71. The molecule has 0 spiro atoms. The molecule has 3 rings (SSSR count). The zero-order chi connectivity index (χ0) is 20.5. The number of nitro benzene ring substituents is 1. The summed E-state index contributed by atoms with van der Waals surface area (Å²) in [5.41, 5.74) is 0.663. The van der Waals surface area contributed by atoms with E-state index in [9.17, 15) is 20.0 Å². The lowest BCUT2D eigenvalue weighted by atomic mass is 9.95. The van der Waals surface area contributed by atoms with E-state index in [0.29, 0.717) is 5.56 Å². The molecule has 0 aliphatic carbocycles. The minimum atomic E-state index is -1.06. The largest absolute Gasteiger partial charge is 0.388 e. The summed E-state index contributed by atoms with van der Waals surface area (Å²) in [6.07, 6.45) is -3.24. The van der Waals surface area contributed by atoms with Crippen LogP contribution in [0.3, 0.4) is 0 Å². The van der Waals surface area contributed by atoms with E-state index in [2.05, 4.69) is 5.32 Å². The van der Waals surface area contributed by atoms with Gasteiger partial charge < -0.3 is 29.4 Å². The summed E-state index contributed by atoms with van der Waals surface area (Å²) < 4.78 is 23.0. The molecule has 2 saturated heterocycles. The molecular formula is C18H24N2O8. The first-order valence-corrected chi connectivity index (χ1v) is 8.93. The molecule has 2 heterocycles. The summed E-state index contributed by atoms with van der Waals surface area (Å²) in [6.45, 7) is 5.09. The Morgan fingerprint density at radius 3 is 2.68 bits per heavy atom. The molecule has 2 fully saturated rings. The minimum Gasteiger partial charge on any atom is -0.388 e. The molecule has 0 unspecified atom stereocenters. The molecule has 1 aromatic carbocycles. The van der Waals surface area contributed by atoms with Crippen molar-refractivity contribution >= 4 is 11.6 Å². The van der Waals surface area contributed by atoms with Gasteiger partial charge in [0.05, 0.1) is 18.1 Å². The molecule has 1 amide bonds. The van der Waals surface area contributed by atoms with Gasteiger partial charge in [-0.1, -0.05) is 0 Å². The number of nitrogens with one attached hydrogen (secondary N) is 1. The van der Waals surface area contributed by atoms with E-state index in [-0.39, 0.29) is 24.8 Å². The quantitative estimate of drug-likeness (QED) is 0.554. The first kappa shape index (κ1) is 20.6. The van der Waals surface area contributed by atoms with Gasteiger partial charge in [-0.2, -0.15) is 0 Å². The average molecular weight is 396 g/mol. The molecular weight excluding hydrogens is 372 g/mol. The number of carbonyl (C=O) groups excluding carboxylic acids is 1. The Morgan fingerprint density at radius 2 is 2.07 bits per heavy atom. The van der Waals surface area contributed by atoms with Crippen LogP contribution >= 0.6 is 0 Å². The number of non-ortho nitro benzene ring substituents is 1. The number of rotatable bonds is 5. The molecule has 10 nitrogen and oxygen atoms in total. The maximum absolute atomic E-state index is 11.6. The number of amides is 1. The smallest absolute Gasteiger partial charge is 0.269 e. The lowest BCUT2D eigenvalue weighted by molar-refractivity contribution is -0.384. The predicted octanol–water partition coefficient (Wildman–Crippen LogP) is 0.853. The van der Waals surface area contributed by atoms with Gasteiger partial charge in [0.2, 0.25) is 5.91 Å². The number of aliphatic hydroxyl groups is 1. The third-order valence-electron chi connectivity index (χ3n) is 4.62. The topological polar surface area (TPSA) is 129 Å². The van der Waals surface area contributed by atoms with E-state index in [1.807, 2.05) is 0 Å². The third-order valence-corrected chi connectivity index (χ3v) is 4.62.